The van der Waals surface area contributed by atoms with Crippen LogP contribution in [0.5, 0.6) is 0 Å². The molecule has 1 saturated heterocycles. The molecule has 4 nitrogen and oxygen atoms in total. The smallest absolute Gasteiger partial charge is 0.216 e. The molecule has 90 valence electrons. The van der Waals surface area contributed by atoms with Crippen molar-refractivity contribution in [1.29, 1.82) is 0 Å². The number of ether oxygens (including phenoxy) is 1. The highest BCUT2D eigenvalue weighted by atomic mass is 16.5. The van der Waals surface area contributed by atoms with Crippen LogP contribution in [0.2, 0.25) is 0 Å². The van der Waals surface area contributed by atoms with E-state index >= 15 is 0 Å². The summed E-state index contributed by atoms with van der Waals surface area (Å²) in [6.07, 6.45) is 0. The number of hydrogen-bond acceptors (Lipinski definition) is 4. The van der Waals surface area contributed by atoms with Gasteiger partial charge in [-0.3, -0.25) is 0 Å². The highest BCUT2D eigenvalue weighted by Crippen LogP contribution is 2.17. The number of nitrogens with zero attached hydrogens (tertiary/aromatic N) is 2. The van der Waals surface area contributed by atoms with E-state index in [0.717, 1.165) is 50.8 Å². The lowest BCUT2D eigenvalue weighted by molar-refractivity contribution is 0.348. The monoisotopic (exact) mass is 231 g/mol. The number of rotatable bonds is 2. The topological polar surface area (TPSA) is 36.9 Å². The number of hydrogen-bond donors (Lipinski definition) is 1. The third kappa shape index (κ3) is 2.26. The van der Waals surface area contributed by atoms with Crippen LogP contribution in [0.1, 0.15) is 5.56 Å². The van der Waals surface area contributed by atoms with Crippen LogP contribution in [-0.4, -0.2) is 45.2 Å². The first-order valence-corrected chi connectivity index (χ1v) is 6.17. The SMILES string of the molecule is c1cc(N2CCNCC2)ccc1C1=NCCO1. The molecule has 0 aromatic heterocycles. The van der Waals surface area contributed by atoms with Crippen molar-refractivity contribution in [2.75, 3.05) is 44.2 Å². The molecule has 2 heterocycles. The van der Waals surface area contributed by atoms with Crippen molar-refractivity contribution in [2.45, 2.75) is 0 Å². The van der Waals surface area contributed by atoms with Crippen molar-refractivity contribution in [3.63, 3.8) is 0 Å². The molecule has 0 aliphatic carbocycles. The van der Waals surface area contributed by atoms with Crippen LogP contribution in [0.25, 0.3) is 0 Å². The Morgan fingerprint density at radius 2 is 1.88 bits per heavy atom. The lowest BCUT2D eigenvalue weighted by atomic mass is 10.2. The van der Waals surface area contributed by atoms with E-state index in [1.807, 2.05) is 0 Å². The maximum Gasteiger partial charge on any atom is 0.216 e. The van der Waals surface area contributed by atoms with Crippen molar-refractivity contribution in [3.05, 3.63) is 29.8 Å². The minimum Gasteiger partial charge on any atom is -0.476 e. The summed E-state index contributed by atoms with van der Waals surface area (Å²) in [7, 11) is 0. The molecular weight excluding hydrogens is 214 g/mol. The predicted octanol–water partition coefficient (Wildman–Crippen LogP) is 0.873. The molecule has 17 heavy (non-hydrogen) atoms. The van der Waals surface area contributed by atoms with Crippen molar-refractivity contribution < 1.29 is 4.74 Å². The quantitative estimate of drug-likeness (QED) is 0.820. The maximum absolute atomic E-state index is 5.45. The third-order valence-electron chi connectivity index (χ3n) is 3.18. The summed E-state index contributed by atoms with van der Waals surface area (Å²) >= 11 is 0. The van der Waals surface area contributed by atoms with Gasteiger partial charge in [0.2, 0.25) is 5.90 Å². The summed E-state index contributed by atoms with van der Waals surface area (Å²) < 4.78 is 5.45. The van der Waals surface area contributed by atoms with Crippen LogP contribution in [0.15, 0.2) is 29.3 Å². The maximum atomic E-state index is 5.45. The van der Waals surface area contributed by atoms with Gasteiger partial charge in [0, 0.05) is 37.4 Å². The van der Waals surface area contributed by atoms with Gasteiger partial charge >= 0.3 is 0 Å². The van der Waals surface area contributed by atoms with E-state index in [-0.39, 0.29) is 0 Å². The molecule has 2 aliphatic heterocycles. The van der Waals surface area contributed by atoms with Gasteiger partial charge in [-0.05, 0) is 24.3 Å². The molecule has 0 unspecified atom stereocenters. The molecule has 0 radical (unpaired) electrons. The second kappa shape index (κ2) is 4.75. The number of nitrogens with one attached hydrogen (secondary N) is 1. The Bertz CT molecular complexity index is 407. The molecule has 0 atom stereocenters. The minimum atomic E-state index is 0.717. The van der Waals surface area contributed by atoms with E-state index in [2.05, 4.69) is 39.5 Å². The zero-order chi connectivity index (χ0) is 11.5. The lowest BCUT2D eigenvalue weighted by Crippen LogP contribution is -2.43. The van der Waals surface area contributed by atoms with E-state index in [4.69, 9.17) is 4.74 Å². The Balaban J connectivity index is 1.75. The number of aliphatic imine (C=N–C) groups is 1. The lowest BCUT2D eigenvalue weighted by Gasteiger charge is -2.29. The first kappa shape index (κ1) is 10.6. The van der Waals surface area contributed by atoms with Gasteiger partial charge in [0.15, 0.2) is 0 Å². The molecule has 4 heteroatoms. The van der Waals surface area contributed by atoms with Crippen molar-refractivity contribution >= 4 is 11.6 Å². The first-order valence-electron chi connectivity index (χ1n) is 6.17. The van der Waals surface area contributed by atoms with Crippen molar-refractivity contribution in [3.8, 4) is 0 Å². The summed E-state index contributed by atoms with van der Waals surface area (Å²) in [5.74, 6) is 0.789. The molecule has 1 aromatic carbocycles. The van der Waals surface area contributed by atoms with E-state index in [1.165, 1.54) is 5.69 Å². The average molecular weight is 231 g/mol. The zero-order valence-electron chi connectivity index (χ0n) is 9.85. The van der Waals surface area contributed by atoms with Crippen LogP contribution >= 0.6 is 0 Å². The Morgan fingerprint density at radius 1 is 1.12 bits per heavy atom. The van der Waals surface area contributed by atoms with Gasteiger partial charge in [0.1, 0.15) is 6.61 Å². The Morgan fingerprint density at radius 3 is 2.53 bits per heavy atom. The largest absolute Gasteiger partial charge is 0.476 e. The van der Waals surface area contributed by atoms with Crippen LogP contribution in [0.4, 0.5) is 5.69 Å². The normalized spacial score (nSPS) is 20.0. The van der Waals surface area contributed by atoms with Gasteiger partial charge in [0.05, 0.1) is 6.54 Å². The Hall–Kier alpha value is -1.55. The standard InChI is InChI=1S/C13H17N3O/c1-3-12(16-8-5-14-6-9-16)4-2-11(1)13-15-7-10-17-13/h1-4,14H,5-10H2. The van der Waals surface area contributed by atoms with Crippen molar-refractivity contribution in [2.24, 2.45) is 4.99 Å². The summed E-state index contributed by atoms with van der Waals surface area (Å²) in [6, 6.07) is 8.51. The highest BCUT2D eigenvalue weighted by Gasteiger charge is 2.13. The molecule has 0 bridgehead atoms. The molecule has 1 N–H and O–H groups in total. The predicted molar refractivity (Wildman–Crippen MR) is 68.9 cm³/mol. The van der Waals surface area contributed by atoms with Crippen LogP contribution < -0.4 is 10.2 Å². The van der Waals surface area contributed by atoms with Gasteiger partial charge < -0.3 is 15.0 Å². The zero-order valence-corrected chi connectivity index (χ0v) is 9.85. The van der Waals surface area contributed by atoms with Crippen LogP contribution in [-0.2, 0) is 4.74 Å². The molecular formula is C13H17N3O. The van der Waals surface area contributed by atoms with Crippen LogP contribution in [0.3, 0.4) is 0 Å². The Labute approximate surface area is 101 Å². The van der Waals surface area contributed by atoms with Crippen LogP contribution in [0, 0.1) is 0 Å². The first-order chi connectivity index (χ1) is 8.43. The molecule has 0 saturated carbocycles. The van der Waals surface area contributed by atoms with Gasteiger partial charge in [-0.1, -0.05) is 0 Å². The number of anilines is 1. The molecule has 0 amide bonds. The van der Waals surface area contributed by atoms with E-state index < -0.39 is 0 Å². The molecule has 1 aromatic rings. The van der Waals surface area contributed by atoms with E-state index in [9.17, 15) is 0 Å². The summed E-state index contributed by atoms with van der Waals surface area (Å²) in [5.41, 5.74) is 2.37. The van der Waals surface area contributed by atoms with Gasteiger partial charge in [0.25, 0.3) is 0 Å². The molecule has 2 aliphatic rings. The fourth-order valence-electron chi connectivity index (χ4n) is 2.25. The minimum absolute atomic E-state index is 0.717. The van der Waals surface area contributed by atoms with E-state index in [1.54, 1.807) is 0 Å². The molecule has 0 spiro atoms. The summed E-state index contributed by atoms with van der Waals surface area (Å²) in [6.45, 7) is 5.80. The van der Waals surface area contributed by atoms with Gasteiger partial charge in [-0.2, -0.15) is 0 Å². The molecule has 1 fully saturated rings. The Kier molecular flexibility index (Phi) is 2.96. The van der Waals surface area contributed by atoms with Gasteiger partial charge in [-0.15, -0.1) is 0 Å². The molecule has 3 rings (SSSR count). The van der Waals surface area contributed by atoms with Gasteiger partial charge in [-0.25, -0.2) is 4.99 Å². The number of benzene rings is 1. The second-order valence-electron chi connectivity index (χ2n) is 4.32. The van der Waals surface area contributed by atoms with E-state index in [0.29, 0.717) is 0 Å². The second-order valence-corrected chi connectivity index (χ2v) is 4.32. The average Bonchev–Trinajstić information content (AvgIpc) is 2.94. The summed E-state index contributed by atoms with van der Waals surface area (Å²) in [5, 5.41) is 3.36. The fraction of sp³-hybridized carbons (Fsp3) is 0.462. The number of piperazine rings is 1. The highest BCUT2D eigenvalue weighted by molar-refractivity contribution is 5.95. The summed E-state index contributed by atoms with van der Waals surface area (Å²) in [4.78, 5) is 6.72. The fourth-order valence-corrected chi connectivity index (χ4v) is 2.25. The van der Waals surface area contributed by atoms with Crippen molar-refractivity contribution in [1.82, 2.24) is 5.32 Å². The third-order valence-corrected chi connectivity index (χ3v) is 3.18.